The van der Waals surface area contributed by atoms with Crippen molar-refractivity contribution in [1.82, 2.24) is 15.2 Å². The highest BCUT2D eigenvalue weighted by Gasteiger charge is 2.42. The highest BCUT2D eigenvalue weighted by Crippen LogP contribution is 2.34. The van der Waals surface area contributed by atoms with Crippen LogP contribution in [0.15, 0.2) is 41.9 Å². The standard InChI is InChI=1S/C19H23N3O2S/c23-19(21-10-17-5-3-7-25-17)9-16-8-14-11-22(13-18(14)24-16)12-15-4-1-2-6-20-15/h1-7,14,16,18H,8-13H2,(H,21,23)/t14-,16+,18+/m0/s1. The fourth-order valence-electron chi connectivity index (χ4n) is 3.81. The first kappa shape index (κ1) is 16.7. The second-order valence-electron chi connectivity index (χ2n) is 6.87. The zero-order chi connectivity index (χ0) is 17.1. The van der Waals surface area contributed by atoms with E-state index < -0.39 is 0 Å². The van der Waals surface area contributed by atoms with E-state index in [1.165, 1.54) is 4.88 Å². The summed E-state index contributed by atoms with van der Waals surface area (Å²) >= 11 is 1.67. The van der Waals surface area contributed by atoms with E-state index in [9.17, 15) is 4.79 Å². The Morgan fingerprint density at radius 1 is 1.32 bits per heavy atom. The fraction of sp³-hybridized carbons (Fsp3) is 0.474. The second kappa shape index (κ2) is 7.64. The minimum atomic E-state index is 0.0651. The number of thiophene rings is 1. The first-order chi connectivity index (χ1) is 12.3. The smallest absolute Gasteiger partial charge is 0.222 e. The molecule has 3 atom stereocenters. The number of hydrogen-bond donors (Lipinski definition) is 1. The van der Waals surface area contributed by atoms with Gasteiger partial charge in [-0.25, -0.2) is 0 Å². The Hall–Kier alpha value is -1.76. The van der Waals surface area contributed by atoms with Gasteiger partial charge in [0.1, 0.15) is 0 Å². The molecule has 0 radical (unpaired) electrons. The number of carbonyl (C=O) groups excluding carboxylic acids is 1. The number of rotatable bonds is 6. The highest BCUT2D eigenvalue weighted by atomic mass is 32.1. The molecule has 25 heavy (non-hydrogen) atoms. The third-order valence-electron chi connectivity index (χ3n) is 4.95. The summed E-state index contributed by atoms with van der Waals surface area (Å²) in [4.78, 5) is 20.1. The molecule has 2 fully saturated rings. The van der Waals surface area contributed by atoms with E-state index in [1.807, 2.05) is 35.8 Å². The summed E-state index contributed by atoms with van der Waals surface area (Å²) in [5.41, 5.74) is 1.10. The van der Waals surface area contributed by atoms with Gasteiger partial charge in [-0.1, -0.05) is 12.1 Å². The summed E-state index contributed by atoms with van der Waals surface area (Å²) in [7, 11) is 0. The molecule has 0 unspecified atom stereocenters. The molecule has 2 aromatic heterocycles. The van der Waals surface area contributed by atoms with Gasteiger partial charge in [0.15, 0.2) is 0 Å². The molecule has 4 rings (SSSR count). The van der Waals surface area contributed by atoms with E-state index in [2.05, 4.69) is 21.3 Å². The molecule has 0 aromatic carbocycles. The average Bonchev–Trinajstić information content (AvgIpc) is 3.30. The van der Waals surface area contributed by atoms with E-state index >= 15 is 0 Å². The summed E-state index contributed by atoms with van der Waals surface area (Å²) in [6.07, 6.45) is 3.62. The maximum Gasteiger partial charge on any atom is 0.222 e. The summed E-state index contributed by atoms with van der Waals surface area (Å²) in [6.45, 7) is 3.47. The Labute approximate surface area is 152 Å². The van der Waals surface area contributed by atoms with Crippen LogP contribution in [0.1, 0.15) is 23.4 Å². The Morgan fingerprint density at radius 3 is 3.04 bits per heavy atom. The predicted octanol–water partition coefficient (Wildman–Crippen LogP) is 2.44. The molecule has 2 aliphatic heterocycles. The number of likely N-dealkylation sites (tertiary alicyclic amines) is 1. The van der Waals surface area contributed by atoms with Gasteiger partial charge in [0, 0.05) is 36.6 Å². The summed E-state index contributed by atoms with van der Waals surface area (Å²) in [5.74, 6) is 0.627. The van der Waals surface area contributed by atoms with E-state index in [0.717, 1.165) is 31.7 Å². The lowest BCUT2D eigenvalue weighted by Crippen LogP contribution is -2.29. The molecule has 4 heterocycles. The van der Waals surface area contributed by atoms with E-state index in [0.29, 0.717) is 18.9 Å². The van der Waals surface area contributed by atoms with Crippen LogP contribution in [0, 0.1) is 5.92 Å². The summed E-state index contributed by atoms with van der Waals surface area (Å²) < 4.78 is 6.14. The van der Waals surface area contributed by atoms with Crippen molar-refractivity contribution in [2.75, 3.05) is 13.1 Å². The SMILES string of the molecule is O=C(C[C@H]1C[C@H]2CN(Cc3ccccn3)C[C@H]2O1)NCc1cccs1. The Balaban J connectivity index is 1.20. The number of aromatic nitrogens is 1. The number of fused-ring (bicyclic) bond motifs is 1. The second-order valence-corrected chi connectivity index (χ2v) is 7.90. The lowest BCUT2D eigenvalue weighted by atomic mass is 10.0. The summed E-state index contributed by atoms with van der Waals surface area (Å²) in [5, 5.41) is 5.02. The van der Waals surface area contributed by atoms with Crippen molar-refractivity contribution in [3.63, 3.8) is 0 Å². The molecule has 0 bridgehead atoms. The molecule has 1 N–H and O–H groups in total. The molecule has 132 valence electrons. The number of nitrogens with one attached hydrogen (secondary N) is 1. The lowest BCUT2D eigenvalue weighted by molar-refractivity contribution is -0.123. The van der Waals surface area contributed by atoms with Crippen LogP contribution in [0.3, 0.4) is 0 Å². The van der Waals surface area contributed by atoms with Crippen LogP contribution in [0.2, 0.25) is 0 Å². The highest BCUT2D eigenvalue weighted by molar-refractivity contribution is 7.09. The molecule has 1 amide bonds. The van der Waals surface area contributed by atoms with E-state index in [4.69, 9.17) is 4.74 Å². The largest absolute Gasteiger partial charge is 0.373 e. The molecular weight excluding hydrogens is 334 g/mol. The molecule has 0 spiro atoms. The van der Waals surface area contributed by atoms with Crippen molar-refractivity contribution >= 4 is 17.2 Å². The molecule has 0 saturated carbocycles. The van der Waals surface area contributed by atoms with Crippen molar-refractivity contribution in [2.24, 2.45) is 5.92 Å². The van der Waals surface area contributed by atoms with Crippen LogP contribution in [-0.4, -0.2) is 41.1 Å². The number of pyridine rings is 1. The monoisotopic (exact) mass is 357 g/mol. The van der Waals surface area contributed by atoms with Crippen molar-refractivity contribution < 1.29 is 9.53 Å². The maximum atomic E-state index is 12.1. The van der Waals surface area contributed by atoms with Crippen LogP contribution in [-0.2, 0) is 22.6 Å². The van der Waals surface area contributed by atoms with E-state index in [1.54, 1.807) is 11.3 Å². The van der Waals surface area contributed by atoms with Gasteiger partial charge in [0.25, 0.3) is 0 Å². The number of hydrogen-bond acceptors (Lipinski definition) is 5. The van der Waals surface area contributed by atoms with Crippen molar-refractivity contribution in [2.45, 2.75) is 38.1 Å². The van der Waals surface area contributed by atoms with Crippen LogP contribution in [0.5, 0.6) is 0 Å². The van der Waals surface area contributed by atoms with Gasteiger partial charge in [-0.2, -0.15) is 0 Å². The van der Waals surface area contributed by atoms with Crippen molar-refractivity contribution in [3.05, 3.63) is 52.5 Å². The fourth-order valence-corrected chi connectivity index (χ4v) is 4.45. The minimum Gasteiger partial charge on any atom is -0.373 e. The van der Waals surface area contributed by atoms with Gasteiger partial charge in [0.2, 0.25) is 5.91 Å². The molecular formula is C19H23N3O2S. The Morgan fingerprint density at radius 2 is 2.28 bits per heavy atom. The van der Waals surface area contributed by atoms with Crippen LogP contribution >= 0.6 is 11.3 Å². The van der Waals surface area contributed by atoms with Gasteiger partial charge in [0.05, 0.1) is 30.9 Å². The molecule has 2 aliphatic rings. The number of ether oxygens (including phenoxy) is 1. The third kappa shape index (κ3) is 4.26. The number of nitrogens with zero attached hydrogens (tertiary/aromatic N) is 2. The Kier molecular flexibility index (Phi) is 5.10. The molecule has 5 nitrogen and oxygen atoms in total. The topological polar surface area (TPSA) is 54.5 Å². The predicted molar refractivity (Wildman–Crippen MR) is 97.1 cm³/mol. The van der Waals surface area contributed by atoms with Gasteiger partial charge in [-0.05, 0) is 30.0 Å². The van der Waals surface area contributed by atoms with Crippen LogP contribution in [0.4, 0.5) is 0 Å². The third-order valence-corrected chi connectivity index (χ3v) is 5.83. The minimum absolute atomic E-state index is 0.0651. The van der Waals surface area contributed by atoms with Crippen molar-refractivity contribution in [3.8, 4) is 0 Å². The quantitative estimate of drug-likeness (QED) is 0.863. The van der Waals surface area contributed by atoms with Gasteiger partial charge >= 0.3 is 0 Å². The zero-order valence-corrected chi connectivity index (χ0v) is 15.0. The first-order valence-corrected chi connectivity index (χ1v) is 9.71. The molecule has 0 aliphatic carbocycles. The average molecular weight is 357 g/mol. The zero-order valence-electron chi connectivity index (χ0n) is 14.1. The van der Waals surface area contributed by atoms with E-state index in [-0.39, 0.29) is 18.1 Å². The summed E-state index contributed by atoms with van der Waals surface area (Å²) in [6, 6.07) is 10.1. The molecule has 2 saturated heterocycles. The Bertz CT molecular complexity index is 678. The van der Waals surface area contributed by atoms with Gasteiger partial charge in [-0.3, -0.25) is 14.7 Å². The van der Waals surface area contributed by atoms with Gasteiger partial charge < -0.3 is 10.1 Å². The van der Waals surface area contributed by atoms with Crippen LogP contribution in [0.25, 0.3) is 0 Å². The normalized spacial score (nSPS) is 25.8. The van der Waals surface area contributed by atoms with Crippen molar-refractivity contribution in [1.29, 1.82) is 0 Å². The number of amides is 1. The lowest BCUT2D eigenvalue weighted by Gasteiger charge is -2.18. The van der Waals surface area contributed by atoms with Crippen LogP contribution < -0.4 is 5.32 Å². The molecule has 2 aromatic rings. The molecule has 6 heteroatoms. The maximum absolute atomic E-state index is 12.1. The first-order valence-electron chi connectivity index (χ1n) is 8.83. The number of carbonyl (C=O) groups is 1. The van der Waals surface area contributed by atoms with Gasteiger partial charge in [-0.15, -0.1) is 11.3 Å².